The molecule has 1 atom stereocenters. The fourth-order valence-electron chi connectivity index (χ4n) is 1.87. The molecule has 0 saturated carbocycles. The van der Waals surface area contributed by atoms with Crippen LogP contribution in [0.25, 0.3) is 6.08 Å². The van der Waals surface area contributed by atoms with Gasteiger partial charge < -0.3 is 4.74 Å². The van der Waals surface area contributed by atoms with Crippen LogP contribution in [0.4, 0.5) is 0 Å². The highest BCUT2D eigenvalue weighted by Crippen LogP contribution is 2.13. The largest absolute Gasteiger partial charge is 0.462 e. The highest BCUT2D eigenvalue weighted by atomic mass is 16.5. The van der Waals surface area contributed by atoms with Gasteiger partial charge in [-0.3, -0.25) is 0 Å². The lowest BCUT2D eigenvalue weighted by molar-refractivity contribution is -0.139. The van der Waals surface area contributed by atoms with E-state index in [9.17, 15) is 4.79 Å². The Morgan fingerprint density at radius 2 is 2.00 bits per heavy atom. The van der Waals surface area contributed by atoms with E-state index in [1.54, 1.807) is 6.08 Å². The minimum Gasteiger partial charge on any atom is -0.462 e. The highest BCUT2D eigenvalue weighted by molar-refractivity contribution is 5.87. The molecule has 2 heteroatoms. The first-order valence-corrected chi connectivity index (χ1v) is 7.16. The van der Waals surface area contributed by atoms with Gasteiger partial charge in [0.15, 0.2) is 0 Å². The molecular formula is C17H24O2. The lowest BCUT2D eigenvalue weighted by atomic mass is 10.0. The molecule has 0 saturated heterocycles. The van der Waals surface area contributed by atoms with Crippen LogP contribution >= 0.6 is 0 Å². The Morgan fingerprint density at radius 3 is 2.63 bits per heavy atom. The maximum atomic E-state index is 11.6. The molecule has 1 unspecified atom stereocenters. The van der Waals surface area contributed by atoms with Crippen LogP contribution in [-0.4, -0.2) is 12.6 Å². The SMILES string of the molecule is CCCCC(CC)COC(=O)/C=C/c1ccccc1. The predicted octanol–water partition coefficient (Wildman–Crippen LogP) is 4.46. The van der Waals surface area contributed by atoms with Gasteiger partial charge in [-0.15, -0.1) is 0 Å². The summed E-state index contributed by atoms with van der Waals surface area (Å²) in [5.41, 5.74) is 1.01. The summed E-state index contributed by atoms with van der Waals surface area (Å²) in [5.74, 6) is 0.243. The second-order valence-electron chi connectivity index (χ2n) is 4.79. The third-order valence-corrected chi connectivity index (χ3v) is 3.22. The summed E-state index contributed by atoms with van der Waals surface area (Å²) in [6.07, 6.45) is 7.89. The number of carbonyl (C=O) groups is 1. The second kappa shape index (κ2) is 9.37. The summed E-state index contributed by atoms with van der Waals surface area (Å²) in [7, 11) is 0. The average molecular weight is 260 g/mol. The Labute approximate surface area is 116 Å². The molecule has 2 nitrogen and oxygen atoms in total. The molecule has 0 amide bonds. The number of esters is 1. The Morgan fingerprint density at radius 1 is 1.26 bits per heavy atom. The van der Waals surface area contributed by atoms with Crippen LogP contribution < -0.4 is 0 Å². The number of ether oxygens (including phenoxy) is 1. The van der Waals surface area contributed by atoms with Gasteiger partial charge in [-0.05, 0) is 24.0 Å². The Hall–Kier alpha value is -1.57. The maximum Gasteiger partial charge on any atom is 0.330 e. The van der Waals surface area contributed by atoms with E-state index >= 15 is 0 Å². The van der Waals surface area contributed by atoms with Crippen LogP contribution in [0.2, 0.25) is 0 Å². The summed E-state index contributed by atoms with van der Waals surface area (Å²) in [6, 6.07) is 9.76. The maximum absolute atomic E-state index is 11.6. The third-order valence-electron chi connectivity index (χ3n) is 3.22. The summed E-state index contributed by atoms with van der Waals surface area (Å²) >= 11 is 0. The fourth-order valence-corrected chi connectivity index (χ4v) is 1.87. The zero-order valence-electron chi connectivity index (χ0n) is 12.0. The molecule has 0 aromatic heterocycles. The molecular weight excluding hydrogens is 236 g/mol. The lowest BCUT2D eigenvalue weighted by Gasteiger charge is -2.13. The fraction of sp³-hybridized carbons (Fsp3) is 0.471. The van der Waals surface area contributed by atoms with Crippen molar-refractivity contribution in [1.29, 1.82) is 0 Å². The number of hydrogen-bond acceptors (Lipinski definition) is 2. The monoisotopic (exact) mass is 260 g/mol. The van der Waals surface area contributed by atoms with Crippen molar-refractivity contribution in [2.45, 2.75) is 39.5 Å². The van der Waals surface area contributed by atoms with E-state index in [0.717, 1.165) is 18.4 Å². The number of rotatable bonds is 8. The molecule has 0 spiro atoms. The number of carbonyl (C=O) groups excluding carboxylic acids is 1. The molecule has 1 rings (SSSR count). The van der Waals surface area contributed by atoms with Crippen LogP contribution in [0.5, 0.6) is 0 Å². The molecule has 0 bridgehead atoms. The summed E-state index contributed by atoms with van der Waals surface area (Å²) < 4.78 is 5.29. The first kappa shape index (κ1) is 15.5. The van der Waals surface area contributed by atoms with Crippen molar-refractivity contribution in [3.05, 3.63) is 42.0 Å². The minimum absolute atomic E-state index is 0.251. The van der Waals surface area contributed by atoms with Gasteiger partial charge in [0.25, 0.3) is 0 Å². The zero-order chi connectivity index (χ0) is 13.9. The molecule has 0 N–H and O–H groups in total. The lowest BCUT2D eigenvalue weighted by Crippen LogP contribution is -2.12. The minimum atomic E-state index is -0.251. The second-order valence-corrected chi connectivity index (χ2v) is 4.79. The first-order valence-electron chi connectivity index (χ1n) is 7.16. The van der Waals surface area contributed by atoms with Crippen molar-refractivity contribution in [3.63, 3.8) is 0 Å². The van der Waals surface area contributed by atoms with E-state index in [0.29, 0.717) is 12.5 Å². The summed E-state index contributed by atoms with van der Waals surface area (Å²) in [6.45, 7) is 4.86. The van der Waals surface area contributed by atoms with Crippen molar-refractivity contribution in [3.8, 4) is 0 Å². The van der Waals surface area contributed by atoms with Crippen molar-refractivity contribution >= 4 is 12.0 Å². The Balaban J connectivity index is 2.32. The van der Waals surface area contributed by atoms with Gasteiger partial charge in [0.2, 0.25) is 0 Å². The van der Waals surface area contributed by atoms with Gasteiger partial charge in [0.1, 0.15) is 0 Å². The highest BCUT2D eigenvalue weighted by Gasteiger charge is 2.08. The first-order chi connectivity index (χ1) is 9.26. The van der Waals surface area contributed by atoms with Gasteiger partial charge in [-0.2, -0.15) is 0 Å². The van der Waals surface area contributed by atoms with Gasteiger partial charge in [-0.1, -0.05) is 63.4 Å². The molecule has 1 aromatic carbocycles. The van der Waals surface area contributed by atoms with Crippen LogP contribution in [0.15, 0.2) is 36.4 Å². The van der Waals surface area contributed by atoms with Gasteiger partial charge in [0, 0.05) is 6.08 Å². The Kier molecular flexibility index (Phi) is 7.64. The smallest absolute Gasteiger partial charge is 0.330 e. The topological polar surface area (TPSA) is 26.3 Å². The normalized spacial score (nSPS) is 12.5. The van der Waals surface area contributed by atoms with Gasteiger partial charge in [0.05, 0.1) is 6.61 Å². The standard InChI is InChI=1S/C17H24O2/c1-3-5-9-15(4-2)14-19-17(18)13-12-16-10-7-6-8-11-16/h6-8,10-13,15H,3-5,9,14H2,1-2H3/b13-12+. The van der Waals surface area contributed by atoms with Crippen molar-refractivity contribution < 1.29 is 9.53 Å². The van der Waals surface area contributed by atoms with E-state index in [-0.39, 0.29) is 5.97 Å². The van der Waals surface area contributed by atoms with Gasteiger partial charge in [-0.25, -0.2) is 4.79 Å². The van der Waals surface area contributed by atoms with Crippen LogP contribution in [0, 0.1) is 5.92 Å². The van der Waals surface area contributed by atoms with Crippen LogP contribution in [0.3, 0.4) is 0 Å². The van der Waals surface area contributed by atoms with E-state index < -0.39 is 0 Å². The van der Waals surface area contributed by atoms with E-state index in [2.05, 4.69) is 13.8 Å². The van der Waals surface area contributed by atoms with Crippen molar-refractivity contribution in [2.75, 3.05) is 6.61 Å². The molecule has 0 aliphatic heterocycles. The molecule has 1 aromatic rings. The van der Waals surface area contributed by atoms with Crippen LogP contribution in [-0.2, 0) is 9.53 Å². The molecule has 0 aliphatic rings. The Bertz CT molecular complexity index is 382. The summed E-state index contributed by atoms with van der Waals surface area (Å²) in [4.78, 5) is 11.6. The van der Waals surface area contributed by atoms with Crippen molar-refractivity contribution in [2.24, 2.45) is 5.92 Å². The van der Waals surface area contributed by atoms with Crippen molar-refractivity contribution in [1.82, 2.24) is 0 Å². The average Bonchev–Trinajstić information content (AvgIpc) is 2.46. The van der Waals surface area contributed by atoms with E-state index in [1.807, 2.05) is 30.3 Å². The quantitative estimate of drug-likeness (QED) is 0.509. The molecule has 19 heavy (non-hydrogen) atoms. The zero-order valence-corrected chi connectivity index (χ0v) is 12.0. The molecule has 0 fully saturated rings. The predicted molar refractivity (Wildman–Crippen MR) is 79.7 cm³/mol. The third kappa shape index (κ3) is 6.80. The number of unbranched alkanes of at least 4 members (excludes halogenated alkanes) is 1. The van der Waals surface area contributed by atoms with E-state index in [1.165, 1.54) is 18.9 Å². The summed E-state index contributed by atoms with van der Waals surface area (Å²) in [5, 5.41) is 0. The molecule has 0 heterocycles. The van der Waals surface area contributed by atoms with E-state index in [4.69, 9.17) is 4.74 Å². The van der Waals surface area contributed by atoms with Gasteiger partial charge >= 0.3 is 5.97 Å². The van der Waals surface area contributed by atoms with Crippen LogP contribution in [0.1, 0.15) is 45.1 Å². The molecule has 104 valence electrons. The molecule has 0 aliphatic carbocycles. The molecule has 0 radical (unpaired) electrons. The number of benzene rings is 1. The number of hydrogen-bond donors (Lipinski definition) is 0.